The third kappa shape index (κ3) is 1.21. The van der Waals surface area contributed by atoms with Crippen LogP contribution in [0.1, 0.15) is 10.9 Å². The minimum Gasteiger partial charge on any atom is -0.366 e. The average molecular weight is 224 g/mol. The van der Waals surface area contributed by atoms with Crippen molar-refractivity contribution in [3.63, 3.8) is 0 Å². The first kappa shape index (κ1) is 8.66. The Morgan fingerprint density at radius 1 is 1.60 bits per heavy atom. The Balaban J connectivity index is 1.49. The van der Waals surface area contributed by atoms with E-state index in [4.69, 9.17) is 4.74 Å². The SMILES string of the molecule is OC1OC(C2NC2c2cccs2)N2CC12. The van der Waals surface area contributed by atoms with E-state index in [2.05, 4.69) is 27.7 Å². The zero-order valence-corrected chi connectivity index (χ0v) is 8.85. The van der Waals surface area contributed by atoms with Crippen molar-refractivity contribution in [1.82, 2.24) is 10.2 Å². The smallest absolute Gasteiger partial charge is 0.173 e. The molecule has 3 aliphatic rings. The van der Waals surface area contributed by atoms with Gasteiger partial charge in [-0.2, -0.15) is 0 Å². The summed E-state index contributed by atoms with van der Waals surface area (Å²) >= 11 is 1.77. The molecule has 4 heterocycles. The fourth-order valence-corrected chi connectivity index (χ4v) is 3.28. The van der Waals surface area contributed by atoms with Crippen LogP contribution in [0.3, 0.4) is 0 Å². The quantitative estimate of drug-likeness (QED) is 0.701. The van der Waals surface area contributed by atoms with Crippen LogP contribution in [0, 0.1) is 0 Å². The lowest BCUT2D eigenvalue weighted by atomic mass is 10.2. The van der Waals surface area contributed by atoms with Gasteiger partial charge in [-0.1, -0.05) is 6.07 Å². The van der Waals surface area contributed by atoms with Crippen molar-refractivity contribution in [3.05, 3.63) is 22.4 Å². The summed E-state index contributed by atoms with van der Waals surface area (Å²) in [7, 11) is 0. The average Bonchev–Trinajstić information content (AvgIpc) is 3.12. The van der Waals surface area contributed by atoms with Gasteiger partial charge in [0.2, 0.25) is 0 Å². The number of thiophene rings is 1. The Morgan fingerprint density at radius 3 is 3.13 bits per heavy atom. The molecule has 0 aromatic carbocycles. The normalized spacial score (nSPS) is 51.5. The highest BCUT2D eigenvalue weighted by Crippen LogP contribution is 2.44. The summed E-state index contributed by atoms with van der Waals surface area (Å²) in [4.78, 5) is 3.58. The molecule has 0 aliphatic carbocycles. The van der Waals surface area contributed by atoms with Crippen LogP contribution in [0.15, 0.2) is 17.5 Å². The second kappa shape index (κ2) is 2.81. The standard InChI is InChI=1S/C10H12N2O2S/c13-10-5-4-12(5)9(14-10)8-7(11-8)6-2-1-3-15-6/h1-3,5,7-11,13H,4H2. The van der Waals surface area contributed by atoms with E-state index in [-0.39, 0.29) is 12.3 Å². The van der Waals surface area contributed by atoms with Crippen molar-refractivity contribution in [2.24, 2.45) is 0 Å². The fraction of sp³-hybridized carbons (Fsp3) is 0.600. The summed E-state index contributed by atoms with van der Waals surface area (Å²) in [6.45, 7) is 0.987. The number of nitrogens with one attached hydrogen (secondary N) is 1. The molecule has 3 aliphatic heterocycles. The Kier molecular flexibility index (Phi) is 1.62. The van der Waals surface area contributed by atoms with E-state index in [1.165, 1.54) is 4.88 Å². The third-order valence-electron chi connectivity index (χ3n) is 3.40. The molecule has 2 N–H and O–H groups in total. The predicted octanol–water partition coefficient (Wildman–Crippen LogP) is 0.120. The van der Waals surface area contributed by atoms with E-state index >= 15 is 0 Å². The molecule has 80 valence electrons. The maximum absolute atomic E-state index is 9.51. The first-order valence-corrected chi connectivity index (χ1v) is 6.11. The molecule has 1 aromatic heterocycles. The van der Waals surface area contributed by atoms with Gasteiger partial charge >= 0.3 is 0 Å². The lowest BCUT2D eigenvalue weighted by Crippen LogP contribution is -2.28. The first-order chi connectivity index (χ1) is 7.34. The van der Waals surface area contributed by atoms with E-state index in [1.807, 2.05) is 0 Å². The van der Waals surface area contributed by atoms with Crippen molar-refractivity contribution in [2.75, 3.05) is 6.54 Å². The van der Waals surface area contributed by atoms with Crippen molar-refractivity contribution in [1.29, 1.82) is 0 Å². The van der Waals surface area contributed by atoms with Crippen LogP contribution in [-0.2, 0) is 4.74 Å². The molecule has 3 saturated heterocycles. The second-order valence-electron chi connectivity index (χ2n) is 4.37. The number of fused-ring (bicyclic) bond motifs is 1. The molecule has 0 spiro atoms. The maximum atomic E-state index is 9.51. The summed E-state index contributed by atoms with van der Waals surface area (Å²) in [5.74, 6) is 0. The van der Waals surface area contributed by atoms with Crippen LogP contribution in [-0.4, -0.2) is 41.2 Å². The molecule has 15 heavy (non-hydrogen) atoms. The molecule has 0 bridgehead atoms. The highest BCUT2D eigenvalue weighted by atomic mass is 32.1. The largest absolute Gasteiger partial charge is 0.366 e. The van der Waals surface area contributed by atoms with Gasteiger partial charge in [0.05, 0.1) is 18.1 Å². The van der Waals surface area contributed by atoms with Crippen LogP contribution in [0.2, 0.25) is 0 Å². The van der Waals surface area contributed by atoms with Gasteiger partial charge in [-0.05, 0) is 11.4 Å². The number of nitrogens with zero attached hydrogens (tertiary/aromatic N) is 1. The molecular weight excluding hydrogens is 212 g/mol. The lowest BCUT2D eigenvalue weighted by molar-refractivity contribution is -0.112. The van der Waals surface area contributed by atoms with Crippen LogP contribution in [0.25, 0.3) is 0 Å². The molecule has 0 amide bonds. The molecule has 5 heteroatoms. The predicted molar refractivity (Wildman–Crippen MR) is 55.4 cm³/mol. The lowest BCUT2D eigenvalue weighted by Gasteiger charge is -2.12. The van der Waals surface area contributed by atoms with Crippen LogP contribution >= 0.6 is 11.3 Å². The van der Waals surface area contributed by atoms with Crippen LogP contribution < -0.4 is 5.32 Å². The highest BCUT2D eigenvalue weighted by molar-refractivity contribution is 7.10. The summed E-state index contributed by atoms with van der Waals surface area (Å²) < 4.78 is 5.50. The van der Waals surface area contributed by atoms with Gasteiger partial charge < -0.3 is 9.84 Å². The Bertz CT molecular complexity index is 383. The minimum atomic E-state index is -0.568. The van der Waals surface area contributed by atoms with E-state index < -0.39 is 6.29 Å². The molecule has 3 fully saturated rings. The number of rotatable bonds is 2. The zero-order valence-electron chi connectivity index (χ0n) is 8.04. The molecular formula is C10H12N2O2S. The van der Waals surface area contributed by atoms with E-state index in [0.717, 1.165) is 6.54 Å². The van der Waals surface area contributed by atoms with Gasteiger partial charge in [0.1, 0.15) is 6.23 Å². The van der Waals surface area contributed by atoms with E-state index in [9.17, 15) is 5.11 Å². The fourth-order valence-electron chi connectivity index (χ4n) is 2.44. The summed E-state index contributed by atoms with van der Waals surface area (Å²) in [6, 6.07) is 5.28. The number of hydrogen-bond acceptors (Lipinski definition) is 5. The van der Waals surface area contributed by atoms with Gasteiger partial charge in [-0.15, -0.1) is 11.3 Å². The Morgan fingerprint density at radius 2 is 2.53 bits per heavy atom. The monoisotopic (exact) mass is 224 g/mol. The van der Waals surface area contributed by atoms with Crippen molar-refractivity contribution in [2.45, 2.75) is 30.6 Å². The van der Waals surface area contributed by atoms with Crippen molar-refractivity contribution < 1.29 is 9.84 Å². The minimum absolute atomic E-state index is 0.0806. The first-order valence-electron chi connectivity index (χ1n) is 5.23. The number of hydrogen-bond donors (Lipinski definition) is 2. The van der Waals surface area contributed by atoms with Crippen LogP contribution in [0.5, 0.6) is 0 Å². The van der Waals surface area contributed by atoms with E-state index in [0.29, 0.717) is 12.1 Å². The molecule has 0 saturated carbocycles. The molecule has 6 atom stereocenters. The van der Waals surface area contributed by atoms with Gasteiger partial charge in [0, 0.05) is 11.4 Å². The summed E-state index contributed by atoms with van der Waals surface area (Å²) in [6.07, 6.45) is -0.488. The number of aliphatic hydroxyl groups excluding tert-OH is 1. The molecule has 6 unspecified atom stereocenters. The van der Waals surface area contributed by atoms with E-state index in [1.54, 1.807) is 11.3 Å². The molecule has 4 rings (SSSR count). The second-order valence-corrected chi connectivity index (χ2v) is 5.35. The van der Waals surface area contributed by atoms with Gasteiger partial charge in [0.15, 0.2) is 6.29 Å². The maximum Gasteiger partial charge on any atom is 0.173 e. The van der Waals surface area contributed by atoms with Crippen molar-refractivity contribution >= 4 is 11.3 Å². The molecule has 1 aromatic rings. The highest BCUT2D eigenvalue weighted by Gasteiger charge is 2.60. The van der Waals surface area contributed by atoms with Gasteiger partial charge in [0.25, 0.3) is 0 Å². The number of ether oxygens (including phenoxy) is 1. The zero-order chi connectivity index (χ0) is 9.99. The van der Waals surface area contributed by atoms with Gasteiger partial charge in [-0.3, -0.25) is 10.2 Å². The third-order valence-corrected chi connectivity index (χ3v) is 4.36. The summed E-state index contributed by atoms with van der Waals surface area (Å²) in [5.41, 5.74) is 0. The topological polar surface area (TPSA) is 54.4 Å². The van der Waals surface area contributed by atoms with Crippen molar-refractivity contribution in [3.8, 4) is 0 Å². The Hall–Kier alpha value is -0.460. The summed E-state index contributed by atoms with van der Waals surface area (Å²) in [5, 5.41) is 15.0. The van der Waals surface area contributed by atoms with Gasteiger partial charge in [-0.25, -0.2) is 0 Å². The number of aliphatic hydroxyl groups is 1. The molecule has 4 nitrogen and oxygen atoms in total. The molecule has 0 radical (unpaired) electrons. The Labute approximate surface area is 91.5 Å². The van der Waals surface area contributed by atoms with Crippen LogP contribution in [0.4, 0.5) is 0 Å².